The zero-order valence-electron chi connectivity index (χ0n) is 5.15. The number of hydrogen-bond acceptors (Lipinski definition) is 4. The van der Waals surface area contributed by atoms with E-state index in [-0.39, 0.29) is 6.42 Å². The highest BCUT2D eigenvalue weighted by Crippen LogP contribution is 1.96. The summed E-state index contributed by atoms with van der Waals surface area (Å²) >= 11 is 4.28. The Morgan fingerprint density at radius 1 is 1.50 bits per heavy atom. The van der Waals surface area contributed by atoms with Gasteiger partial charge in [0.2, 0.25) is 0 Å². The number of aldehydes is 2. The summed E-state index contributed by atoms with van der Waals surface area (Å²) in [7, 11) is 0. The summed E-state index contributed by atoms with van der Waals surface area (Å²) in [6, 6.07) is 0. The molecule has 0 aromatic carbocycles. The van der Waals surface area contributed by atoms with Crippen molar-refractivity contribution < 1.29 is 14.4 Å². The van der Waals surface area contributed by atoms with Gasteiger partial charge in [-0.1, -0.05) is 12.2 Å². The Labute approximate surface area is 63.4 Å². The molecule has 0 amide bonds. The van der Waals surface area contributed by atoms with Crippen LogP contribution in [0, 0.1) is 5.92 Å². The Morgan fingerprint density at radius 3 is 2.40 bits per heavy atom. The van der Waals surface area contributed by atoms with Crippen molar-refractivity contribution in [2.24, 2.45) is 5.92 Å². The predicted molar refractivity (Wildman–Crippen MR) is 38.9 cm³/mol. The topological polar surface area (TPSA) is 51.2 Å². The normalized spacial score (nSPS) is 11.6. The molecular formula is C6H6O3S. The van der Waals surface area contributed by atoms with Gasteiger partial charge in [0, 0.05) is 11.8 Å². The van der Waals surface area contributed by atoms with E-state index in [2.05, 4.69) is 12.2 Å². The van der Waals surface area contributed by atoms with E-state index in [9.17, 15) is 14.4 Å². The Bertz CT molecular complexity index is 164. The molecule has 4 heteroatoms. The average Bonchev–Trinajstić information content (AvgIpc) is 1.99. The summed E-state index contributed by atoms with van der Waals surface area (Å²) in [5.41, 5.74) is 0. The second-order valence-electron chi connectivity index (χ2n) is 1.67. The number of carbonyl (C=O) groups is 3. The van der Waals surface area contributed by atoms with Crippen LogP contribution in [-0.2, 0) is 14.4 Å². The molecule has 10 heavy (non-hydrogen) atoms. The smallest absolute Gasteiger partial charge is 0.176 e. The average molecular weight is 158 g/mol. The van der Waals surface area contributed by atoms with Crippen LogP contribution in [0.25, 0.3) is 0 Å². The van der Waals surface area contributed by atoms with Crippen molar-refractivity contribution >= 4 is 35.9 Å². The third-order valence-corrected chi connectivity index (χ3v) is 1.23. The molecule has 0 fully saturated rings. The van der Waals surface area contributed by atoms with Crippen LogP contribution in [0.3, 0.4) is 0 Å². The Balaban J connectivity index is 4.04. The molecule has 0 rings (SSSR count). The molecule has 0 aliphatic carbocycles. The van der Waals surface area contributed by atoms with Crippen LogP contribution >= 0.6 is 12.2 Å². The van der Waals surface area contributed by atoms with Crippen molar-refractivity contribution in [3.63, 3.8) is 0 Å². The first-order valence-corrected chi connectivity index (χ1v) is 3.11. The number of carbonyl (C=O) groups excluding carboxylic acids is 3. The molecule has 0 aliphatic rings. The minimum absolute atomic E-state index is 0.0739. The standard InChI is InChI=1S/C6H6O3S/c7-2-1-5(3-8)6(9)4-10/h2-5H,1H2. The van der Waals surface area contributed by atoms with Gasteiger partial charge in [-0.25, -0.2) is 0 Å². The van der Waals surface area contributed by atoms with Crippen molar-refractivity contribution in [2.75, 3.05) is 0 Å². The van der Waals surface area contributed by atoms with Gasteiger partial charge in [0.25, 0.3) is 0 Å². The van der Waals surface area contributed by atoms with Gasteiger partial charge in [-0.05, 0) is 0 Å². The lowest BCUT2D eigenvalue weighted by Gasteiger charge is -1.96. The summed E-state index contributed by atoms with van der Waals surface area (Å²) in [6.07, 6.45) is 0.880. The Hall–Kier alpha value is -0.900. The first-order chi connectivity index (χ1) is 4.76. The molecule has 0 aliphatic heterocycles. The van der Waals surface area contributed by atoms with Gasteiger partial charge in [-0.2, -0.15) is 0 Å². The lowest BCUT2D eigenvalue weighted by atomic mass is 10.0. The number of thiocarbonyl (C=S) groups is 1. The highest BCUT2D eigenvalue weighted by molar-refractivity contribution is 7.80. The zero-order valence-corrected chi connectivity index (χ0v) is 5.97. The molecule has 0 aromatic heterocycles. The summed E-state index contributed by atoms with van der Waals surface area (Å²) in [5.74, 6) is -1.34. The van der Waals surface area contributed by atoms with E-state index in [0.29, 0.717) is 12.6 Å². The molecule has 1 unspecified atom stereocenters. The second kappa shape index (κ2) is 4.93. The van der Waals surface area contributed by atoms with Gasteiger partial charge < -0.3 is 9.59 Å². The van der Waals surface area contributed by atoms with Crippen LogP contribution in [0.15, 0.2) is 0 Å². The quantitative estimate of drug-likeness (QED) is 0.320. The van der Waals surface area contributed by atoms with Crippen molar-refractivity contribution in [3.8, 4) is 0 Å². The molecule has 0 saturated carbocycles. The molecule has 0 bridgehead atoms. The molecule has 0 heterocycles. The summed E-state index contributed by atoms with van der Waals surface area (Å²) in [6.45, 7) is 0. The van der Waals surface area contributed by atoms with Crippen molar-refractivity contribution in [2.45, 2.75) is 6.42 Å². The van der Waals surface area contributed by atoms with E-state index in [0.717, 1.165) is 5.37 Å². The van der Waals surface area contributed by atoms with Crippen molar-refractivity contribution in [1.29, 1.82) is 0 Å². The maximum absolute atomic E-state index is 10.6. The largest absolute Gasteiger partial charge is 0.303 e. The number of hydrogen-bond donors (Lipinski definition) is 0. The van der Waals surface area contributed by atoms with E-state index < -0.39 is 11.7 Å². The van der Waals surface area contributed by atoms with Gasteiger partial charge in [-0.15, -0.1) is 0 Å². The summed E-state index contributed by atoms with van der Waals surface area (Å²) in [4.78, 5) is 30.5. The van der Waals surface area contributed by atoms with Crippen molar-refractivity contribution in [3.05, 3.63) is 0 Å². The molecule has 1 atom stereocenters. The predicted octanol–water partition coefficient (Wildman–Crippen LogP) is -0.0407. The lowest BCUT2D eigenvalue weighted by molar-refractivity contribution is -0.124. The van der Waals surface area contributed by atoms with Crippen LogP contribution < -0.4 is 0 Å². The highest BCUT2D eigenvalue weighted by atomic mass is 32.1. The number of ketones is 1. The Kier molecular flexibility index (Phi) is 4.49. The monoisotopic (exact) mass is 158 g/mol. The van der Waals surface area contributed by atoms with Gasteiger partial charge in [-0.3, -0.25) is 4.79 Å². The van der Waals surface area contributed by atoms with E-state index >= 15 is 0 Å². The summed E-state index contributed by atoms with van der Waals surface area (Å²) in [5, 5.41) is 0.878. The third kappa shape index (κ3) is 2.59. The minimum atomic E-state index is -0.866. The van der Waals surface area contributed by atoms with Crippen LogP contribution in [0.2, 0.25) is 0 Å². The van der Waals surface area contributed by atoms with Gasteiger partial charge in [0.05, 0.1) is 5.92 Å². The fourth-order valence-electron chi connectivity index (χ4n) is 0.430. The van der Waals surface area contributed by atoms with Gasteiger partial charge in [0.1, 0.15) is 12.6 Å². The fraction of sp³-hybridized carbons (Fsp3) is 0.333. The highest BCUT2D eigenvalue weighted by Gasteiger charge is 2.13. The molecule has 0 radical (unpaired) electrons. The van der Waals surface area contributed by atoms with E-state index in [1.54, 1.807) is 0 Å². The minimum Gasteiger partial charge on any atom is -0.303 e. The molecule has 0 saturated heterocycles. The maximum Gasteiger partial charge on any atom is 0.176 e. The Morgan fingerprint density at radius 2 is 2.10 bits per heavy atom. The fourth-order valence-corrected chi connectivity index (χ4v) is 0.605. The molecule has 3 nitrogen and oxygen atoms in total. The molecule has 54 valence electrons. The molecule has 0 aromatic rings. The van der Waals surface area contributed by atoms with E-state index in [1.165, 1.54) is 0 Å². The molecule has 0 spiro atoms. The van der Waals surface area contributed by atoms with Crippen LogP contribution in [0.1, 0.15) is 6.42 Å². The van der Waals surface area contributed by atoms with E-state index in [4.69, 9.17) is 0 Å². The maximum atomic E-state index is 10.6. The van der Waals surface area contributed by atoms with Crippen molar-refractivity contribution in [1.82, 2.24) is 0 Å². The third-order valence-electron chi connectivity index (χ3n) is 0.996. The first kappa shape index (κ1) is 9.10. The van der Waals surface area contributed by atoms with Gasteiger partial charge >= 0.3 is 0 Å². The lowest BCUT2D eigenvalue weighted by Crippen LogP contribution is -2.16. The summed E-state index contributed by atoms with van der Waals surface area (Å²) < 4.78 is 0. The number of rotatable bonds is 5. The zero-order chi connectivity index (χ0) is 7.98. The second-order valence-corrected chi connectivity index (χ2v) is 1.90. The van der Waals surface area contributed by atoms with Gasteiger partial charge in [0.15, 0.2) is 5.78 Å². The first-order valence-electron chi connectivity index (χ1n) is 2.64. The number of Topliss-reactive ketones (excluding diaryl/α,β-unsaturated/α-hetero) is 1. The van der Waals surface area contributed by atoms with Crippen LogP contribution in [-0.4, -0.2) is 23.7 Å². The molecular weight excluding hydrogens is 152 g/mol. The van der Waals surface area contributed by atoms with E-state index in [1.807, 2.05) is 0 Å². The van der Waals surface area contributed by atoms with Crippen LogP contribution in [0.4, 0.5) is 0 Å². The molecule has 0 N–H and O–H groups in total. The van der Waals surface area contributed by atoms with Crippen LogP contribution in [0.5, 0.6) is 0 Å². The SMILES string of the molecule is O=CCC(C=O)C(=O)C=S.